The van der Waals surface area contributed by atoms with Gasteiger partial charge in [-0.1, -0.05) is 19.1 Å². The molecule has 1 N–H and O–H groups in total. The van der Waals surface area contributed by atoms with Gasteiger partial charge in [0.1, 0.15) is 0 Å². The maximum Gasteiger partial charge on any atom is 0.218 e. The van der Waals surface area contributed by atoms with Crippen LogP contribution in [0.2, 0.25) is 0 Å². The number of aromatic nitrogens is 2. The molecule has 0 aliphatic rings. The monoisotopic (exact) mass is 237 g/mol. The SMILES string of the molecule is CCCNC(C)/C=C/c1c(C)nn(C)c1OC. The maximum atomic E-state index is 5.34. The van der Waals surface area contributed by atoms with Crippen LogP contribution in [-0.4, -0.2) is 29.5 Å². The molecule has 0 amide bonds. The molecule has 4 heteroatoms. The van der Waals surface area contributed by atoms with E-state index in [-0.39, 0.29) is 0 Å². The molecule has 4 nitrogen and oxygen atoms in total. The van der Waals surface area contributed by atoms with E-state index in [1.54, 1.807) is 11.8 Å². The zero-order valence-corrected chi connectivity index (χ0v) is 11.4. The van der Waals surface area contributed by atoms with Crippen LogP contribution in [-0.2, 0) is 7.05 Å². The van der Waals surface area contributed by atoms with Crippen LogP contribution in [0.15, 0.2) is 6.08 Å². The Bertz CT molecular complexity index is 382. The number of hydrogen-bond acceptors (Lipinski definition) is 3. The van der Waals surface area contributed by atoms with Crippen molar-refractivity contribution in [2.24, 2.45) is 7.05 Å². The molecule has 1 rings (SSSR count). The lowest BCUT2D eigenvalue weighted by Gasteiger charge is -2.07. The van der Waals surface area contributed by atoms with E-state index in [4.69, 9.17) is 4.74 Å². The van der Waals surface area contributed by atoms with Gasteiger partial charge in [0.15, 0.2) is 0 Å². The van der Waals surface area contributed by atoms with Gasteiger partial charge in [0, 0.05) is 13.1 Å². The normalized spacial score (nSPS) is 13.2. The van der Waals surface area contributed by atoms with E-state index in [9.17, 15) is 0 Å². The second kappa shape index (κ2) is 6.45. The topological polar surface area (TPSA) is 39.1 Å². The number of hydrogen-bond donors (Lipinski definition) is 1. The molecule has 1 heterocycles. The van der Waals surface area contributed by atoms with Crippen LogP contribution in [0.5, 0.6) is 5.88 Å². The Labute approximate surface area is 104 Å². The number of nitrogens with one attached hydrogen (secondary N) is 1. The van der Waals surface area contributed by atoms with Gasteiger partial charge in [-0.15, -0.1) is 0 Å². The smallest absolute Gasteiger partial charge is 0.218 e. The van der Waals surface area contributed by atoms with E-state index < -0.39 is 0 Å². The van der Waals surface area contributed by atoms with Crippen molar-refractivity contribution < 1.29 is 4.74 Å². The van der Waals surface area contributed by atoms with E-state index in [0.717, 1.165) is 30.1 Å². The number of methoxy groups -OCH3 is 1. The van der Waals surface area contributed by atoms with Gasteiger partial charge >= 0.3 is 0 Å². The zero-order valence-electron chi connectivity index (χ0n) is 11.4. The molecule has 1 aromatic heterocycles. The molecule has 1 aromatic rings. The lowest BCUT2D eigenvalue weighted by atomic mass is 10.2. The Balaban J connectivity index is 2.76. The van der Waals surface area contributed by atoms with E-state index in [2.05, 4.69) is 36.4 Å². The van der Waals surface area contributed by atoms with Crippen molar-refractivity contribution >= 4 is 6.08 Å². The molecular formula is C13H23N3O. The van der Waals surface area contributed by atoms with Gasteiger partial charge in [0.25, 0.3) is 0 Å². The van der Waals surface area contributed by atoms with Crippen LogP contribution in [0, 0.1) is 6.92 Å². The Morgan fingerprint density at radius 2 is 2.24 bits per heavy atom. The van der Waals surface area contributed by atoms with Crippen molar-refractivity contribution in [1.29, 1.82) is 0 Å². The summed E-state index contributed by atoms with van der Waals surface area (Å²) in [7, 11) is 3.56. The van der Waals surface area contributed by atoms with Crippen molar-refractivity contribution in [3.63, 3.8) is 0 Å². The number of ether oxygens (including phenoxy) is 1. The third-order valence-electron chi connectivity index (χ3n) is 2.68. The molecule has 1 atom stereocenters. The predicted octanol–water partition coefficient (Wildman–Crippen LogP) is 2.14. The van der Waals surface area contributed by atoms with Crippen molar-refractivity contribution in [2.75, 3.05) is 13.7 Å². The molecule has 0 saturated carbocycles. The molecule has 0 radical (unpaired) electrons. The van der Waals surface area contributed by atoms with Crippen LogP contribution < -0.4 is 10.1 Å². The first-order chi connectivity index (χ1) is 8.10. The summed E-state index contributed by atoms with van der Waals surface area (Å²) < 4.78 is 7.10. The minimum absolute atomic E-state index is 0.360. The van der Waals surface area contributed by atoms with Crippen LogP contribution in [0.4, 0.5) is 0 Å². The highest BCUT2D eigenvalue weighted by atomic mass is 16.5. The summed E-state index contributed by atoms with van der Waals surface area (Å²) in [4.78, 5) is 0. The third kappa shape index (κ3) is 3.60. The first-order valence-electron chi connectivity index (χ1n) is 6.09. The summed E-state index contributed by atoms with van der Waals surface area (Å²) in [5.41, 5.74) is 2.04. The van der Waals surface area contributed by atoms with Crippen molar-refractivity contribution in [3.05, 3.63) is 17.3 Å². The summed E-state index contributed by atoms with van der Waals surface area (Å²) in [6.45, 7) is 7.34. The highest BCUT2D eigenvalue weighted by molar-refractivity contribution is 5.58. The van der Waals surface area contributed by atoms with Crippen molar-refractivity contribution in [1.82, 2.24) is 15.1 Å². The first-order valence-corrected chi connectivity index (χ1v) is 6.09. The minimum Gasteiger partial charge on any atom is -0.481 e. The third-order valence-corrected chi connectivity index (χ3v) is 2.68. The van der Waals surface area contributed by atoms with Gasteiger partial charge in [-0.05, 0) is 26.8 Å². The summed E-state index contributed by atoms with van der Waals surface area (Å²) in [6, 6.07) is 0.360. The molecule has 17 heavy (non-hydrogen) atoms. The molecule has 0 aliphatic carbocycles. The fourth-order valence-electron chi connectivity index (χ4n) is 1.77. The molecule has 0 aliphatic heterocycles. The van der Waals surface area contributed by atoms with Crippen LogP contribution in [0.3, 0.4) is 0 Å². The maximum absolute atomic E-state index is 5.34. The first kappa shape index (κ1) is 13.8. The average Bonchev–Trinajstić information content (AvgIpc) is 2.57. The van der Waals surface area contributed by atoms with E-state index in [0.29, 0.717) is 6.04 Å². The second-order valence-electron chi connectivity index (χ2n) is 4.23. The molecule has 96 valence electrons. The highest BCUT2D eigenvalue weighted by Gasteiger charge is 2.10. The summed E-state index contributed by atoms with van der Waals surface area (Å²) >= 11 is 0. The van der Waals surface area contributed by atoms with Crippen molar-refractivity contribution in [3.8, 4) is 5.88 Å². The fraction of sp³-hybridized carbons (Fsp3) is 0.615. The van der Waals surface area contributed by atoms with Gasteiger partial charge in [0.2, 0.25) is 5.88 Å². The lowest BCUT2D eigenvalue weighted by Crippen LogP contribution is -2.24. The molecule has 0 fully saturated rings. The van der Waals surface area contributed by atoms with Crippen LogP contribution >= 0.6 is 0 Å². The largest absolute Gasteiger partial charge is 0.481 e. The molecule has 0 saturated heterocycles. The molecular weight excluding hydrogens is 214 g/mol. The quantitative estimate of drug-likeness (QED) is 0.824. The van der Waals surface area contributed by atoms with Gasteiger partial charge in [-0.2, -0.15) is 5.10 Å². The standard InChI is InChI=1S/C13H23N3O/c1-6-9-14-10(2)7-8-12-11(3)15-16(4)13(12)17-5/h7-8,10,14H,6,9H2,1-5H3/b8-7+. The molecule has 0 spiro atoms. The van der Waals surface area contributed by atoms with Crippen LogP contribution in [0.25, 0.3) is 6.08 Å². The number of nitrogens with zero attached hydrogens (tertiary/aromatic N) is 2. The van der Waals surface area contributed by atoms with Crippen LogP contribution in [0.1, 0.15) is 31.5 Å². The minimum atomic E-state index is 0.360. The number of aryl methyl sites for hydroxylation is 2. The summed E-state index contributed by atoms with van der Waals surface area (Å²) in [6.07, 6.45) is 5.37. The van der Waals surface area contributed by atoms with E-state index in [1.807, 2.05) is 14.0 Å². The summed E-state index contributed by atoms with van der Waals surface area (Å²) in [5.74, 6) is 0.807. The van der Waals surface area contributed by atoms with Crippen molar-refractivity contribution in [2.45, 2.75) is 33.2 Å². The summed E-state index contributed by atoms with van der Waals surface area (Å²) in [5, 5.41) is 7.75. The number of rotatable bonds is 6. The predicted molar refractivity (Wildman–Crippen MR) is 71.3 cm³/mol. The Morgan fingerprint density at radius 1 is 1.53 bits per heavy atom. The Hall–Kier alpha value is -1.29. The second-order valence-corrected chi connectivity index (χ2v) is 4.23. The van der Waals surface area contributed by atoms with Gasteiger partial charge < -0.3 is 10.1 Å². The highest BCUT2D eigenvalue weighted by Crippen LogP contribution is 2.22. The average molecular weight is 237 g/mol. The Kier molecular flexibility index (Phi) is 5.22. The molecule has 0 bridgehead atoms. The van der Waals surface area contributed by atoms with E-state index >= 15 is 0 Å². The lowest BCUT2D eigenvalue weighted by molar-refractivity contribution is 0.372. The fourth-order valence-corrected chi connectivity index (χ4v) is 1.77. The van der Waals surface area contributed by atoms with Gasteiger partial charge in [-0.3, -0.25) is 0 Å². The van der Waals surface area contributed by atoms with Gasteiger partial charge in [0.05, 0.1) is 18.4 Å². The molecule has 0 aromatic carbocycles. The molecule has 1 unspecified atom stereocenters. The zero-order chi connectivity index (χ0) is 12.8. The van der Waals surface area contributed by atoms with E-state index in [1.165, 1.54) is 0 Å². The van der Waals surface area contributed by atoms with Gasteiger partial charge in [-0.25, -0.2) is 4.68 Å². The Morgan fingerprint density at radius 3 is 2.82 bits per heavy atom.